The molecule has 1 heterocycles. The van der Waals surface area contributed by atoms with Crippen LogP contribution in [-0.2, 0) is 22.4 Å². The lowest BCUT2D eigenvalue weighted by Crippen LogP contribution is -2.34. The number of amides is 1. The van der Waals surface area contributed by atoms with Crippen LogP contribution in [0.5, 0.6) is 0 Å². The summed E-state index contributed by atoms with van der Waals surface area (Å²) < 4.78 is 12.1. The van der Waals surface area contributed by atoms with Crippen molar-refractivity contribution >= 4 is 12.1 Å². The Kier molecular flexibility index (Phi) is 6.98. The van der Waals surface area contributed by atoms with Crippen LogP contribution in [-0.4, -0.2) is 40.6 Å². The molecule has 0 saturated carbocycles. The van der Waals surface area contributed by atoms with Gasteiger partial charge in [-0.3, -0.25) is 4.68 Å². The zero-order valence-corrected chi connectivity index (χ0v) is 16.3. The number of carbonyl (C=O) groups excluding carboxylic acids is 2. The van der Waals surface area contributed by atoms with E-state index in [0.717, 1.165) is 11.3 Å². The van der Waals surface area contributed by atoms with Gasteiger partial charge in [0, 0.05) is 13.0 Å². The van der Waals surface area contributed by atoms with Gasteiger partial charge < -0.3 is 14.8 Å². The van der Waals surface area contributed by atoms with E-state index in [-0.39, 0.29) is 0 Å². The Morgan fingerprint density at radius 1 is 1.19 bits per heavy atom. The summed E-state index contributed by atoms with van der Waals surface area (Å²) in [6.07, 6.45) is 1.58. The maximum atomic E-state index is 12.2. The Balaban J connectivity index is 2.10. The van der Waals surface area contributed by atoms with Gasteiger partial charge in [0.15, 0.2) is 0 Å². The van der Waals surface area contributed by atoms with Crippen molar-refractivity contribution in [2.45, 2.75) is 46.3 Å². The van der Waals surface area contributed by atoms with E-state index in [2.05, 4.69) is 10.4 Å². The molecule has 0 aliphatic rings. The number of benzene rings is 1. The topological polar surface area (TPSA) is 82.5 Å². The molecule has 2 aromatic rings. The van der Waals surface area contributed by atoms with Gasteiger partial charge in [-0.25, -0.2) is 9.59 Å². The van der Waals surface area contributed by atoms with Crippen molar-refractivity contribution in [1.82, 2.24) is 15.1 Å². The van der Waals surface area contributed by atoms with Gasteiger partial charge in [0.2, 0.25) is 0 Å². The number of esters is 1. The average molecular weight is 373 g/mol. The van der Waals surface area contributed by atoms with Crippen LogP contribution in [0.1, 0.15) is 49.3 Å². The van der Waals surface area contributed by atoms with Crippen molar-refractivity contribution in [3.63, 3.8) is 0 Å². The van der Waals surface area contributed by atoms with Crippen LogP contribution >= 0.6 is 0 Å². The van der Waals surface area contributed by atoms with Gasteiger partial charge in [0.05, 0.1) is 25.0 Å². The van der Waals surface area contributed by atoms with Crippen LogP contribution < -0.4 is 5.32 Å². The molecule has 7 nitrogen and oxygen atoms in total. The summed E-state index contributed by atoms with van der Waals surface area (Å²) in [5, 5.41) is 7.02. The molecule has 2 rings (SSSR count). The minimum Gasteiger partial charge on any atom is -0.462 e. The molecule has 0 radical (unpaired) electrons. The SMILES string of the molecule is CCOC(=O)c1cnn(CCNC(=O)OC(C)(C)C)c1Cc1ccccc1. The highest BCUT2D eigenvalue weighted by Crippen LogP contribution is 2.16. The third-order valence-corrected chi connectivity index (χ3v) is 3.65. The molecule has 0 unspecified atom stereocenters. The number of nitrogens with one attached hydrogen (secondary N) is 1. The molecule has 7 heteroatoms. The molecule has 1 amide bonds. The summed E-state index contributed by atoms with van der Waals surface area (Å²) in [6.45, 7) is 8.25. The van der Waals surface area contributed by atoms with E-state index in [4.69, 9.17) is 9.47 Å². The lowest BCUT2D eigenvalue weighted by molar-refractivity contribution is 0.0512. The van der Waals surface area contributed by atoms with Crippen molar-refractivity contribution < 1.29 is 19.1 Å². The monoisotopic (exact) mass is 373 g/mol. The van der Waals surface area contributed by atoms with E-state index in [9.17, 15) is 9.59 Å². The molecule has 0 bridgehead atoms. The maximum absolute atomic E-state index is 12.2. The van der Waals surface area contributed by atoms with Crippen molar-refractivity contribution in [2.24, 2.45) is 0 Å². The fourth-order valence-electron chi connectivity index (χ4n) is 2.54. The molecule has 0 aliphatic heterocycles. The van der Waals surface area contributed by atoms with E-state index < -0.39 is 17.7 Å². The third-order valence-electron chi connectivity index (χ3n) is 3.65. The normalized spacial score (nSPS) is 11.1. The van der Waals surface area contributed by atoms with Gasteiger partial charge in [-0.05, 0) is 33.3 Å². The van der Waals surface area contributed by atoms with Crippen LogP contribution in [0.2, 0.25) is 0 Å². The van der Waals surface area contributed by atoms with E-state index in [1.165, 1.54) is 6.20 Å². The molecule has 146 valence electrons. The fourth-order valence-corrected chi connectivity index (χ4v) is 2.54. The van der Waals surface area contributed by atoms with Crippen molar-refractivity contribution in [1.29, 1.82) is 0 Å². The predicted molar refractivity (Wildman–Crippen MR) is 102 cm³/mol. The molecule has 0 atom stereocenters. The zero-order valence-electron chi connectivity index (χ0n) is 16.3. The second-order valence-electron chi connectivity index (χ2n) is 7.04. The molecular formula is C20H27N3O4. The molecular weight excluding hydrogens is 346 g/mol. The second-order valence-corrected chi connectivity index (χ2v) is 7.04. The lowest BCUT2D eigenvalue weighted by atomic mass is 10.1. The summed E-state index contributed by atoms with van der Waals surface area (Å²) in [5.74, 6) is -0.394. The van der Waals surface area contributed by atoms with Gasteiger partial charge in [-0.15, -0.1) is 0 Å². The number of aromatic nitrogens is 2. The highest BCUT2D eigenvalue weighted by Gasteiger charge is 2.19. The van der Waals surface area contributed by atoms with Gasteiger partial charge in [0.25, 0.3) is 0 Å². The van der Waals surface area contributed by atoms with E-state index in [0.29, 0.717) is 31.7 Å². The Hall–Kier alpha value is -2.83. The van der Waals surface area contributed by atoms with E-state index in [1.54, 1.807) is 11.6 Å². The number of nitrogens with zero attached hydrogens (tertiary/aromatic N) is 2. The van der Waals surface area contributed by atoms with Crippen molar-refractivity contribution in [3.8, 4) is 0 Å². The first-order valence-corrected chi connectivity index (χ1v) is 9.02. The average Bonchev–Trinajstić information content (AvgIpc) is 2.97. The Labute approximate surface area is 159 Å². The van der Waals surface area contributed by atoms with Gasteiger partial charge in [-0.2, -0.15) is 5.10 Å². The second kappa shape index (κ2) is 9.21. The molecule has 1 N–H and O–H groups in total. The molecule has 0 aliphatic carbocycles. The van der Waals surface area contributed by atoms with Crippen LogP contribution in [0, 0.1) is 0 Å². The quantitative estimate of drug-likeness (QED) is 0.754. The first-order valence-electron chi connectivity index (χ1n) is 9.02. The lowest BCUT2D eigenvalue weighted by Gasteiger charge is -2.19. The fraction of sp³-hybridized carbons (Fsp3) is 0.450. The summed E-state index contributed by atoms with van der Waals surface area (Å²) in [6, 6.07) is 9.82. The Morgan fingerprint density at radius 2 is 1.89 bits per heavy atom. The smallest absolute Gasteiger partial charge is 0.407 e. The maximum Gasteiger partial charge on any atom is 0.407 e. The van der Waals surface area contributed by atoms with Crippen LogP contribution in [0.3, 0.4) is 0 Å². The highest BCUT2D eigenvalue weighted by atomic mass is 16.6. The van der Waals surface area contributed by atoms with E-state index in [1.807, 2.05) is 51.1 Å². The van der Waals surface area contributed by atoms with Gasteiger partial charge >= 0.3 is 12.1 Å². The van der Waals surface area contributed by atoms with Crippen molar-refractivity contribution in [2.75, 3.05) is 13.2 Å². The third kappa shape index (κ3) is 6.44. The Bertz CT molecular complexity index is 763. The molecule has 0 fully saturated rings. The number of rotatable bonds is 7. The number of ether oxygens (including phenoxy) is 2. The molecule has 1 aromatic heterocycles. The first-order chi connectivity index (χ1) is 12.8. The molecule has 0 saturated heterocycles. The molecule has 1 aromatic carbocycles. The predicted octanol–water partition coefficient (Wildman–Crippen LogP) is 3.18. The van der Waals surface area contributed by atoms with Crippen molar-refractivity contribution in [3.05, 3.63) is 53.3 Å². The molecule has 27 heavy (non-hydrogen) atoms. The molecule has 0 spiro atoms. The minimum atomic E-state index is -0.550. The summed E-state index contributed by atoms with van der Waals surface area (Å²) in [4.78, 5) is 24.0. The number of carbonyl (C=O) groups is 2. The largest absolute Gasteiger partial charge is 0.462 e. The number of alkyl carbamates (subject to hydrolysis) is 1. The summed E-state index contributed by atoms with van der Waals surface area (Å²) in [5.41, 5.74) is 1.71. The minimum absolute atomic E-state index is 0.301. The van der Waals surface area contributed by atoms with E-state index >= 15 is 0 Å². The zero-order chi connectivity index (χ0) is 19.9. The first kappa shape index (κ1) is 20.5. The summed E-state index contributed by atoms with van der Waals surface area (Å²) >= 11 is 0. The number of hydrogen-bond donors (Lipinski definition) is 1. The standard InChI is InChI=1S/C20H27N3O4/c1-5-26-18(24)16-14-22-23(12-11-21-19(25)27-20(2,3)4)17(16)13-15-9-7-6-8-10-15/h6-10,14H,5,11-13H2,1-4H3,(H,21,25). The van der Waals surface area contributed by atoms with Gasteiger partial charge in [-0.1, -0.05) is 30.3 Å². The number of hydrogen-bond acceptors (Lipinski definition) is 5. The summed E-state index contributed by atoms with van der Waals surface area (Å²) in [7, 11) is 0. The van der Waals surface area contributed by atoms with Crippen LogP contribution in [0.15, 0.2) is 36.5 Å². The Morgan fingerprint density at radius 3 is 2.52 bits per heavy atom. The highest BCUT2D eigenvalue weighted by molar-refractivity contribution is 5.90. The van der Waals surface area contributed by atoms with Crippen LogP contribution in [0.4, 0.5) is 4.79 Å². The van der Waals surface area contributed by atoms with Gasteiger partial charge in [0.1, 0.15) is 11.2 Å². The van der Waals surface area contributed by atoms with Crippen LogP contribution in [0.25, 0.3) is 0 Å².